The van der Waals surface area contributed by atoms with E-state index in [0.29, 0.717) is 29.7 Å². The minimum atomic E-state index is -0.554. The maximum Gasteiger partial charge on any atom is 0.413 e. The number of anilines is 1. The number of carbonyl (C=O) groups excluding carboxylic acids is 2. The number of thiazole rings is 1. The lowest BCUT2D eigenvalue weighted by atomic mass is 10.1. The van der Waals surface area contributed by atoms with E-state index in [-0.39, 0.29) is 5.91 Å². The van der Waals surface area contributed by atoms with Crippen molar-refractivity contribution < 1.29 is 14.3 Å². The van der Waals surface area contributed by atoms with Crippen LogP contribution in [0.25, 0.3) is 6.08 Å². The number of hydrogen-bond donors (Lipinski definition) is 1. The first-order valence-corrected chi connectivity index (χ1v) is 8.81. The van der Waals surface area contributed by atoms with Crippen LogP contribution in [0.1, 0.15) is 16.1 Å². The van der Waals surface area contributed by atoms with Crippen molar-refractivity contribution in [2.75, 3.05) is 19.0 Å². The second-order valence-corrected chi connectivity index (χ2v) is 6.86. The zero-order chi connectivity index (χ0) is 17.8. The van der Waals surface area contributed by atoms with E-state index < -0.39 is 6.09 Å². The summed E-state index contributed by atoms with van der Waals surface area (Å²) in [5.74, 6) is -0.0820. The van der Waals surface area contributed by atoms with E-state index in [1.807, 2.05) is 18.2 Å². The first-order chi connectivity index (χ1) is 12.1. The van der Waals surface area contributed by atoms with Gasteiger partial charge in [0, 0.05) is 28.9 Å². The summed E-state index contributed by atoms with van der Waals surface area (Å²) in [4.78, 5) is 30.8. The van der Waals surface area contributed by atoms with Gasteiger partial charge in [0.2, 0.25) is 5.91 Å². The van der Waals surface area contributed by atoms with Gasteiger partial charge in [-0.2, -0.15) is 0 Å². The maximum atomic E-state index is 12.4. The number of aromatic nitrogens is 1. The molecule has 0 atom stereocenters. The molecule has 0 saturated heterocycles. The fraction of sp³-hybridized carbons (Fsp3) is 0.235. The highest BCUT2D eigenvalue weighted by atomic mass is 35.5. The molecule has 1 aliphatic rings. The standard InChI is InChI=1S/C17H16ClN3O3S/c1-24-17(23)20-16-19-13-8-9-21(10-14(13)25-16)15(22)7-6-11-4-2-3-5-12(11)18/h2-7H,8-10H2,1H3,(H,19,20,23)/b7-6+. The molecule has 6 nitrogen and oxygen atoms in total. The van der Waals surface area contributed by atoms with Gasteiger partial charge < -0.3 is 9.64 Å². The summed E-state index contributed by atoms with van der Waals surface area (Å²) in [6.07, 6.45) is 3.35. The molecule has 25 heavy (non-hydrogen) atoms. The van der Waals surface area contributed by atoms with Crippen molar-refractivity contribution >= 4 is 46.1 Å². The van der Waals surface area contributed by atoms with Crippen molar-refractivity contribution in [1.82, 2.24) is 9.88 Å². The normalized spacial score (nSPS) is 13.6. The van der Waals surface area contributed by atoms with Crippen LogP contribution >= 0.6 is 22.9 Å². The summed E-state index contributed by atoms with van der Waals surface area (Å²) in [6.45, 7) is 1.06. The van der Waals surface area contributed by atoms with Crippen LogP contribution in [-0.4, -0.2) is 35.5 Å². The van der Waals surface area contributed by atoms with E-state index in [4.69, 9.17) is 11.6 Å². The van der Waals surface area contributed by atoms with Gasteiger partial charge in [0.25, 0.3) is 0 Å². The van der Waals surface area contributed by atoms with E-state index in [1.54, 1.807) is 17.0 Å². The van der Waals surface area contributed by atoms with Gasteiger partial charge in [-0.25, -0.2) is 9.78 Å². The van der Waals surface area contributed by atoms with Crippen LogP contribution in [0.3, 0.4) is 0 Å². The van der Waals surface area contributed by atoms with Crippen LogP contribution in [0.5, 0.6) is 0 Å². The van der Waals surface area contributed by atoms with Crippen LogP contribution in [0.2, 0.25) is 5.02 Å². The molecule has 0 saturated carbocycles. The second-order valence-electron chi connectivity index (χ2n) is 5.37. The Hall–Kier alpha value is -2.38. The summed E-state index contributed by atoms with van der Waals surface area (Å²) < 4.78 is 4.56. The minimum absolute atomic E-state index is 0.0820. The molecule has 2 heterocycles. The summed E-state index contributed by atoms with van der Waals surface area (Å²) in [5, 5.41) is 3.65. The number of fused-ring (bicyclic) bond motifs is 1. The highest BCUT2D eigenvalue weighted by Crippen LogP contribution is 2.28. The first-order valence-electron chi connectivity index (χ1n) is 7.62. The molecule has 1 aliphatic heterocycles. The van der Waals surface area contributed by atoms with Crippen molar-refractivity contribution in [3.05, 3.63) is 51.5 Å². The van der Waals surface area contributed by atoms with Crippen LogP contribution in [0, 0.1) is 0 Å². The van der Waals surface area contributed by atoms with Gasteiger partial charge in [0.1, 0.15) is 0 Å². The van der Waals surface area contributed by atoms with Gasteiger partial charge in [-0.1, -0.05) is 41.1 Å². The van der Waals surface area contributed by atoms with Crippen LogP contribution in [0.15, 0.2) is 30.3 Å². The van der Waals surface area contributed by atoms with E-state index >= 15 is 0 Å². The molecule has 0 radical (unpaired) electrons. The number of nitrogens with zero attached hydrogens (tertiary/aromatic N) is 2. The molecular formula is C17H16ClN3O3S. The molecule has 1 N–H and O–H groups in total. The number of rotatable bonds is 3. The Morgan fingerprint density at radius 2 is 2.20 bits per heavy atom. The lowest BCUT2D eigenvalue weighted by molar-refractivity contribution is -0.126. The molecule has 1 aromatic carbocycles. The molecule has 2 aromatic rings. The van der Waals surface area contributed by atoms with Gasteiger partial charge in [-0.15, -0.1) is 0 Å². The van der Waals surface area contributed by atoms with Gasteiger partial charge in [0.15, 0.2) is 5.13 Å². The summed E-state index contributed by atoms with van der Waals surface area (Å²) in [7, 11) is 1.30. The Morgan fingerprint density at radius 1 is 1.40 bits per heavy atom. The first kappa shape index (κ1) is 17.4. The van der Waals surface area contributed by atoms with Crippen molar-refractivity contribution in [3.63, 3.8) is 0 Å². The molecule has 2 amide bonds. The number of nitrogens with one attached hydrogen (secondary N) is 1. The molecule has 1 aromatic heterocycles. The monoisotopic (exact) mass is 377 g/mol. The highest BCUT2D eigenvalue weighted by Gasteiger charge is 2.23. The molecule has 0 bridgehead atoms. The molecule has 0 spiro atoms. The van der Waals surface area contributed by atoms with E-state index in [0.717, 1.165) is 16.1 Å². The Balaban J connectivity index is 1.67. The minimum Gasteiger partial charge on any atom is -0.453 e. The van der Waals surface area contributed by atoms with Crippen LogP contribution in [0.4, 0.5) is 9.93 Å². The smallest absolute Gasteiger partial charge is 0.413 e. The van der Waals surface area contributed by atoms with Crippen molar-refractivity contribution in [3.8, 4) is 0 Å². The van der Waals surface area contributed by atoms with E-state index in [2.05, 4.69) is 15.0 Å². The summed E-state index contributed by atoms with van der Waals surface area (Å²) in [6, 6.07) is 7.36. The van der Waals surface area contributed by atoms with Crippen molar-refractivity contribution in [2.45, 2.75) is 13.0 Å². The SMILES string of the molecule is COC(=O)Nc1nc2c(s1)CN(C(=O)/C=C/c1ccccc1Cl)CC2. The molecule has 130 valence electrons. The van der Waals surface area contributed by atoms with Gasteiger partial charge in [-0.05, 0) is 17.7 Å². The number of methoxy groups -OCH3 is 1. The van der Waals surface area contributed by atoms with Crippen LogP contribution in [-0.2, 0) is 22.5 Å². The molecule has 8 heteroatoms. The predicted molar refractivity (Wildman–Crippen MR) is 97.7 cm³/mol. The Morgan fingerprint density at radius 3 is 2.96 bits per heavy atom. The average Bonchev–Trinajstić information content (AvgIpc) is 3.01. The number of hydrogen-bond acceptors (Lipinski definition) is 5. The Bertz CT molecular complexity index is 834. The third-order valence-corrected chi connectivity index (χ3v) is 5.09. The maximum absolute atomic E-state index is 12.4. The second kappa shape index (κ2) is 7.67. The number of carbonyl (C=O) groups is 2. The third kappa shape index (κ3) is 4.18. The molecular weight excluding hydrogens is 362 g/mol. The summed E-state index contributed by atoms with van der Waals surface area (Å²) in [5.41, 5.74) is 1.72. The number of ether oxygens (including phenoxy) is 1. The largest absolute Gasteiger partial charge is 0.453 e. The molecule has 3 rings (SSSR count). The average molecular weight is 378 g/mol. The van der Waals surface area contributed by atoms with Crippen molar-refractivity contribution in [1.29, 1.82) is 0 Å². The Labute approximate surface area is 154 Å². The number of amides is 2. The quantitative estimate of drug-likeness (QED) is 0.830. The topological polar surface area (TPSA) is 71.5 Å². The van der Waals surface area contributed by atoms with Gasteiger partial charge in [0.05, 0.1) is 19.3 Å². The summed E-state index contributed by atoms with van der Waals surface area (Å²) >= 11 is 7.44. The lowest BCUT2D eigenvalue weighted by Gasteiger charge is -2.24. The lowest BCUT2D eigenvalue weighted by Crippen LogP contribution is -2.34. The predicted octanol–water partition coefficient (Wildman–Crippen LogP) is 3.57. The van der Waals surface area contributed by atoms with Gasteiger partial charge >= 0.3 is 6.09 Å². The van der Waals surface area contributed by atoms with Crippen molar-refractivity contribution in [2.24, 2.45) is 0 Å². The highest BCUT2D eigenvalue weighted by molar-refractivity contribution is 7.15. The van der Waals surface area contributed by atoms with E-state index in [9.17, 15) is 9.59 Å². The zero-order valence-corrected chi connectivity index (χ0v) is 15.1. The molecule has 0 unspecified atom stereocenters. The fourth-order valence-electron chi connectivity index (χ4n) is 2.45. The number of benzene rings is 1. The van der Waals surface area contributed by atoms with Crippen LogP contribution < -0.4 is 5.32 Å². The third-order valence-electron chi connectivity index (χ3n) is 3.75. The zero-order valence-electron chi connectivity index (χ0n) is 13.5. The number of halogens is 1. The Kier molecular flexibility index (Phi) is 5.35. The molecule has 0 fully saturated rings. The fourth-order valence-corrected chi connectivity index (χ4v) is 3.66. The molecule has 0 aliphatic carbocycles. The van der Waals surface area contributed by atoms with E-state index in [1.165, 1.54) is 24.5 Å². The van der Waals surface area contributed by atoms with Gasteiger partial charge in [-0.3, -0.25) is 10.1 Å².